The molecule has 1 saturated carbocycles. The molecule has 1 aromatic rings. The van der Waals surface area contributed by atoms with Crippen LogP contribution in [0.25, 0.3) is 0 Å². The number of carbonyl (C=O) groups excluding carboxylic acids is 1. The number of benzene rings is 1. The molecule has 1 amide bonds. The summed E-state index contributed by atoms with van der Waals surface area (Å²) >= 11 is 1.83. The highest BCUT2D eigenvalue weighted by atomic mass is 32.2. The maximum atomic E-state index is 11.9. The van der Waals surface area contributed by atoms with E-state index in [9.17, 15) is 4.79 Å². The summed E-state index contributed by atoms with van der Waals surface area (Å²) in [5.41, 5.74) is 3.02. The lowest BCUT2D eigenvalue weighted by atomic mass is 9.64. The number of hydrogen-bond acceptors (Lipinski definition) is 3. The van der Waals surface area contributed by atoms with Crippen LogP contribution < -0.4 is 11.3 Å². The molecule has 0 bridgehead atoms. The zero-order chi connectivity index (χ0) is 13.2. The van der Waals surface area contributed by atoms with Crippen molar-refractivity contribution in [2.75, 3.05) is 0 Å². The van der Waals surface area contributed by atoms with Gasteiger partial charge in [0.25, 0.3) is 0 Å². The lowest BCUT2D eigenvalue weighted by molar-refractivity contribution is -0.130. The molecule has 0 saturated heterocycles. The summed E-state index contributed by atoms with van der Waals surface area (Å²) in [6, 6.07) is 8.34. The van der Waals surface area contributed by atoms with Crippen molar-refractivity contribution in [1.82, 2.24) is 5.43 Å². The summed E-state index contributed by atoms with van der Waals surface area (Å²) in [5.74, 6) is 5.24. The van der Waals surface area contributed by atoms with Crippen LogP contribution in [0.4, 0.5) is 0 Å². The second kappa shape index (κ2) is 5.33. The van der Waals surface area contributed by atoms with Crippen LogP contribution in [-0.2, 0) is 10.2 Å². The first kappa shape index (κ1) is 13.4. The van der Waals surface area contributed by atoms with E-state index in [4.69, 9.17) is 5.84 Å². The summed E-state index contributed by atoms with van der Waals surface area (Å²) in [7, 11) is 0. The van der Waals surface area contributed by atoms with Gasteiger partial charge in [-0.2, -0.15) is 0 Å². The van der Waals surface area contributed by atoms with Crippen LogP contribution in [0.1, 0.15) is 38.7 Å². The first-order chi connectivity index (χ1) is 8.58. The molecular weight excluding hydrogens is 244 g/mol. The number of carbonyl (C=O) groups is 1. The average Bonchev–Trinajstić information content (AvgIpc) is 2.29. The first-order valence-corrected chi connectivity index (χ1v) is 7.25. The number of hydrogen-bond donors (Lipinski definition) is 2. The van der Waals surface area contributed by atoms with E-state index in [0.29, 0.717) is 5.25 Å². The molecule has 0 spiro atoms. The van der Waals surface area contributed by atoms with E-state index in [-0.39, 0.29) is 11.3 Å². The predicted octanol–water partition coefficient (Wildman–Crippen LogP) is 2.60. The van der Waals surface area contributed by atoms with Crippen LogP contribution >= 0.6 is 11.8 Å². The Morgan fingerprint density at radius 3 is 2.33 bits per heavy atom. The highest BCUT2D eigenvalue weighted by molar-refractivity contribution is 7.99. The third-order valence-corrected chi connectivity index (χ3v) is 4.57. The van der Waals surface area contributed by atoms with Gasteiger partial charge in [0.1, 0.15) is 0 Å². The smallest absolute Gasteiger partial charge is 0.244 e. The highest BCUT2D eigenvalue weighted by Gasteiger charge is 2.45. The molecule has 3 N–H and O–H groups in total. The molecule has 4 heteroatoms. The van der Waals surface area contributed by atoms with E-state index in [2.05, 4.69) is 43.5 Å². The Morgan fingerprint density at radius 2 is 1.94 bits per heavy atom. The quantitative estimate of drug-likeness (QED) is 0.380. The zero-order valence-electron chi connectivity index (χ0n) is 10.9. The Hall–Kier alpha value is -1.00. The molecule has 1 aliphatic rings. The van der Waals surface area contributed by atoms with Gasteiger partial charge >= 0.3 is 0 Å². The van der Waals surface area contributed by atoms with Gasteiger partial charge in [-0.15, -0.1) is 11.8 Å². The molecule has 98 valence electrons. The van der Waals surface area contributed by atoms with Gasteiger partial charge in [0.2, 0.25) is 5.91 Å². The molecule has 1 aliphatic carbocycles. The summed E-state index contributed by atoms with van der Waals surface area (Å²) in [6.45, 7) is 4.35. The minimum absolute atomic E-state index is 0.0574. The van der Waals surface area contributed by atoms with E-state index in [1.165, 1.54) is 4.90 Å². The lowest BCUT2D eigenvalue weighted by Gasteiger charge is -2.40. The Bertz CT molecular complexity index is 424. The largest absolute Gasteiger partial charge is 0.293 e. The van der Waals surface area contributed by atoms with Crippen molar-refractivity contribution in [1.29, 1.82) is 0 Å². The summed E-state index contributed by atoms with van der Waals surface area (Å²) in [6.07, 6.45) is 2.88. The molecule has 0 aliphatic heterocycles. The molecule has 3 nitrogen and oxygen atoms in total. The molecule has 0 aromatic heterocycles. The minimum Gasteiger partial charge on any atom is -0.293 e. The van der Waals surface area contributed by atoms with Crippen LogP contribution in [0.2, 0.25) is 0 Å². The summed E-state index contributed by atoms with van der Waals surface area (Å²) in [5, 5.41) is 0.570. The van der Waals surface area contributed by atoms with E-state index < -0.39 is 0 Å². The molecule has 0 heterocycles. The number of hydrazine groups is 1. The SMILES string of the molecule is CC(C)Sc1ccc(C2(C(=O)NN)CCC2)cc1. The maximum absolute atomic E-state index is 11.9. The number of thioether (sulfide) groups is 1. The van der Waals surface area contributed by atoms with Crippen LogP contribution in [0, 0.1) is 0 Å². The third kappa shape index (κ3) is 2.40. The Balaban J connectivity index is 2.20. The second-order valence-electron chi connectivity index (χ2n) is 5.10. The van der Waals surface area contributed by atoms with Crippen LogP contribution in [0.5, 0.6) is 0 Å². The Kier molecular flexibility index (Phi) is 3.97. The van der Waals surface area contributed by atoms with Gasteiger partial charge in [-0.25, -0.2) is 5.84 Å². The average molecular weight is 264 g/mol. The number of rotatable bonds is 4. The Morgan fingerprint density at radius 1 is 1.33 bits per heavy atom. The fourth-order valence-corrected chi connectivity index (χ4v) is 3.28. The van der Waals surface area contributed by atoms with Crippen LogP contribution in [0.15, 0.2) is 29.2 Å². The normalized spacial score (nSPS) is 17.3. The van der Waals surface area contributed by atoms with E-state index in [0.717, 1.165) is 24.8 Å². The predicted molar refractivity (Wildman–Crippen MR) is 75.3 cm³/mol. The fraction of sp³-hybridized carbons (Fsp3) is 0.500. The van der Waals surface area contributed by atoms with Gasteiger partial charge in [0, 0.05) is 10.1 Å². The van der Waals surface area contributed by atoms with Gasteiger partial charge < -0.3 is 0 Å². The maximum Gasteiger partial charge on any atom is 0.244 e. The van der Waals surface area contributed by atoms with Crippen LogP contribution in [0.3, 0.4) is 0 Å². The number of nitrogens with one attached hydrogen (secondary N) is 1. The van der Waals surface area contributed by atoms with Crippen molar-refractivity contribution in [3.05, 3.63) is 29.8 Å². The van der Waals surface area contributed by atoms with E-state index in [1.54, 1.807) is 0 Å². The van der Waals surface area contributed by atoms with E-state index in [1.807, 2.05) is 11.8 Å². The topological polar surface area (TPSA) is 55.1 Å². The summed E-state index contributed by atoms with van der Waals surface area (Å²) < 4.78 is 0. The van der Waals surface area contributed by atoms with Crippen molar-refractivity contribution in [2.45, 2.75) is 48.7 Å². The zero-order valence-corrected chi connectivity index (χ0v) is 11.7. The molecule has 0 atom stereocenters. The standard InChI is InChI=1S/C14H20N2OS/c1-10(2)18-12-6-4-11(5-7-12)14(8-3-9-14)13(17)16-15/h4-7,10H,3,8-9,15H2,1-2H3,(H,16,17). The summed E-state index contributed by atoms with van der Waals surface area (Å²) in [4.78, 5) is 13.2. The molecular formula is C14H20N2OS. The van der Waals surface area contributed by atoms with Crippen molar-refractivity contribution < 1.29 is 4.79 Å². The van der Waals surface area contributed by atoms with Crippen molar-refractivity contribution in [2.24, 2.45) is 5.84 Å². The van der Waals surface area contributed by atoms with Gasteiger partial charge in [0.15, 0.2) is 0 Å². The van der Waals surface area contributed by atoms with Gasteiger partial charge in [-0.3, -0.25) is 10.2 Å². The molecule has 2 rings (SSSR count). The van der Waals surface area contributed by atoms with Gasteiger partial charge in [-0.1, -0.05) is 32.4 Å². The highest BCUT2D eigenvalue weighted by Crippen LogP contribution is 2.44. The third-order valence-electron chi connectivity index (χ3n) is 3.55. The van der Waals surface area contributed by atoms with Gasteiger partial charge in [0.05, 0.1) is 5.41 Å². The Labute approximate surface area is 112 Å². The van der Waals surface area contributed by atoms with Gasteiger partial charge in [-0.05, 0) is 30.5 Å². The lowest BCUT2D eigenvalue weighted by Crippen LogP contribution is -2.51. The van der Waals surface area contributed by atoms with Crippen LogP contribution in [-0.4, -0.2) is 11.2 Å². The minimum atomic E-state index is -0.379. The van der Waals surface area contributed by atoms with Crippen molar-refractivity contribution >= 4 is 17.7 Å². The number of nitrogens with two attached hydrogens (primary N) is 1. The van der Waals surface area contributed by atoms with Crippen molar-refractivity contribution in [3.63, 3.8) is 0 Å². The molecule has 1 aromatic carbocycles. The number of amides is 1. The molecule has 18 heavy (non-hydrogen) atoms. The fourth-order valence-electron chi connectivity index (χ4n) is 2.44. The molecule has 0 unspecified atom stereocenters. The first-order valence-electron chi connectivity index (χ1n) is 6.37. The monoisotopic (exact) mass is 264 g/mol. The van der Waals surface area contributed by atoms with E-state index >= 15 is 0 Å². The van der Waals surface area contributed by atoms with Crippen molar-refractivity contribution in [3.8, 4) is 0 Å². The molecule has 1 fully saturated rings. The second-order valence-corrected chi connectivity index (χ2v) is 6.75. The molecule has 0 radical (unpaired) electrons.